The standard InChI is InChI=1S/C31H38BClN2O6S/c1-6-42(37,34-5)25-12-11-22(33)13-20(25)18-39-29(36)35-28(14-19-17-38-24-10-8-7-9-23(19)24)32-40-27-16-21-15-26(30(21,2)3)31(27,4)41-32/h7-13,17,21,26-28H,6,14-16,18H2,1-5H3,(H,35,36)/t21-,26-,27+,28-,31-,42?/m0/s1. The molecule has 42 heavy (non-hydrogen) atoms. The number of hydrogen-bond donors (Lipinski definition) is 1. The summed E-state index contributed by atoms with van der Waals surface area (Å²) in [6.45, 7) is 8.51. The third-order valence-corrected chi connectivity index (χ3v) is 12.7. The second-order valence-corrected chi connectivity index (χ2v) is 15.6. The van der Waals surface area contributed by atoms with Crippen molar-refractivity contribution in [2.45, 2.75) is 76.1 Å². The smallest absolute Gasteiger partial charge is 0.464 e. The fourth-order valence-electron chi connectivity index (χ4n) is 7.41. The molecule has 2 aromatic carbocycles. The quantitative estimate of drug-likeness (QED) is 0.285. The molecule has 1 amide bonds. The highest BCUT2D eigenvalue weighted by Crippen LogP contribution is 2.65. The molecule has 224 valence electrons. The molecule has 1 aliphatic heterocycles. The predicted molar refractivity (Wildman–Crippen MR) is 164 cm³/mol. The summed E-state index contributed by atoms with van der Waals surface area (Å²) >= 11 is 6.25. The van der Waals surface area contributed by atoms with E-state index in [2.05, 4.69) is 30.5 Å². The first kappa shape index (κ1) is 29.5. The number of amides is 1. The van der Waals surface area contributed by atoms with E-state index in [1.807, 2.05) is 31.2 Å². The van der Waals surface area contributed by atoms with Gasteiger partial charge in [-0.25, -0.2) is 13.4 Å². The maximum absolute atomic E-state index is 13.4. The summed E-state index contributed by atoms with van der Waals surface area (Å²) in [5.41, 5.74) is 2.05. The number of halogens is 1. The number of nitrogens with zero attached hydrogens (tertiary/aromatic N) is 1. The average molecular weight is 613 g/mol. The van der Waals surface area contributed by atoms with Crippen LogP contribution in [0.1, 0.15) is 51.7 Å². The summed E-state index contributed by atoms with van der Waals surface area (Å²) in [6, 6.07) is 12.9. The minimum atomic E-state index is -2.66. The molecule has 7 rings (SSSR count). The lowest BCUT2D eigenvalue weighted by molar-refractivity contribution is -0.199. The van der Waals surface area contributed by atoms with Gasteiger partial charge in [0, 0.05) is 28.8 Å². The van der Waals surface area contributed by atoms with Crippen LogP contribution in [-0.4, -0.2) is 47.9 Å². The number of benzene rings is 2. The van der Waals surface area contributed by atoms with E-state index in [0.29, 0.717) is 39.5 Å². The Balaban J connectivity index is 1.24. The van der Waals surface area contributed by atoms with Crippen molar-refractivity contribution < 1.29 is 27.5 Å². The zero-order valence-corrected chi connectivity index (χ0v) is 26.3. The summed E-state index contributed by atoms with van der Waals surface area (Å²) < 4.78 is 42.3. The largest absolute Gasteiger partial charge is 0.482 e. The number of carbonyl (C=O) groups is 1. The highest BCUT2D eigenvalue weighted by Gasteiger charge is 2.68. The number of rotatable bonds is 8. The van der Waals surface area contributed by atoms with Crippen molar-refractivity contribution in [2.24, 2.45) is 21.6 Å². The van der Waals surface area contributed by atoms with Crippen LogP contribution in [-0.2, 0) is 36.8 Å². The van der Waals surface area contributed by atoms with Gasteiger partial charge in [0.15, 0.2) is 0 Å². The fourth-order valence-corrected chi connectivity index (χ4v) is 9.17. The van der Waals surface area contributed by atoms with E-state index < -0.39 is 34.5 Å². The molecule has 4 fully saturated rings. The Kier molecular flexibility index (Phi) is 7.65. The number of para-hydroxylation sites is 1. The highest BCUT2D eigenvalue weighted by atomic mass is 35.5. The van der Waals surface area contributed by atoms with Gasteiger partial charge in [0.05, 0.1) is 38.5 Å². The van der Waals surface area contributed by atoms with Crippen molar-refractivity contribution in [2.75, 3.05) is 12.8 Å². The molecule has 2 bridgehead atoms. The highest BCUT2D eigenvalue weighted by molar-refractivity contribution is 7.93. The Morgan fingerprint density at radius 2 is 2.00 bits per heavy atom. The Morgan fingerprint density at radius 3 is 2.74 bits per heavy atom. The van der Waals surface area contributed by atoms with Gasteiger partial charge < -0.3 is 23.8 Å². The van der Waals surface area contributed by atoms with Gasteiger partial charge in [0.2, 0.25) is 0 Å². The minimum Gasteiger partial charge on any atom is -0.464 e. The van der Waals surface area contributed by atoms with Gasteiger partial charge in [0.25, 0.3) is 0 Å². The molecule has 11 heteroatoms. The molecule has 3 saturated carbocycles. The third kappa shape index (κ3) is 4.94. The van der Waals surface area contributed by atoms with Gasteiger partial charge in [-0.2, -0.15) is 0 Å². The van der Waals surface area contributed by atoms with Crippen LogP contribution in [0.4, 0.5) is 4.79 Å². The van der Waals surface area contributed by atoms with Gasteiger partial charge in [-0.3, -0.25) is 0 Å². The molecule has 1 aromatic heterocycles. The maximum atomic E-state index is 13.4. The lowest BCUT2D eigenvalue weighted by atomic mass is 9.43. The number of alkyl carbamates (subject to hydrolysis) is 1. The molecule has 1 unspecified atom stereocenters. The molecule has 1 N–H and O–H groups in total. The van der Waals surface area contributed by atoms with Crippen LogP contribution in [0, 0.1) is 17.3 Å². The molecule has 3 aliphatic carbocycles. The molecule has 2 heterocycles. The predicted octanol–water partition coefficient (Wildman–Crippen LogP) is 6.67. The molecule has 6 atom stereocenters. The van der Waals surface area contributed by atoms with Crippen LogP contribution >= 0.6 is 11.6 Å². The topological polar surface area (TPSA) is 99.4 Å². The Labute approximate surface area is 253 Å². The van der Waals surface area contributed by atoms with E-state index in [0.717, 1.165) is 29.4 Å². The first-order chi connectivity index (χ1) is 20.0. The number of nitrogens with one attached hydrogen (secondary N) is 1. The van der Waals surface area contributed by atoms with Crippen LogP contribution in [0.2, 0.25) is 5.02 Å². The number of fused-ring (bicyclic) bond motifs is 1. The summed E-state index contributed by atoms with van der Waals surface area (Å²) in [7, 11) is -1.78. The Bertz CT molecular complexity index is 1630. The fraction of sp³-hybridized carbons (Fsp3) is 0.516. The maximum Gasteiger partial charge on any atom is 0.482 e. The summed E-state index contributed by atoms with van der Waals surface area (Å²) in [4.78, 5) is 13.9. The monoisotopic (exact) mass is 612 g/mol. The number of furan rings is 1. The molecule has 0 spiro atoms. The SMILES string of the molecule is CCS(=O)(=NC)c1ccc(Cl)cc1COC(=O)N[C@@H](Cc1coc2ccccc12)B1O[C@@H]2C[C@@H]3C[C@@H](C3(C)C)[C@]2(C)O1. The van der Waals surface area contributed by atoms with Crippen molar-refractivity contribution in [3.8, 4) is 0 Å². The first-order valence-corrected chi connectivity index (χ1v) is 16.7. The van der Waals surface area contributed by atoms with Crippen LogP contribution < -0.4 is 5.32 Å². The van der Waals surface area contributed by atoms with Crippen LogP contribution in [0.3, 0.4) is 0 Å². The summed E-state index contributed by atoms with van der Waals surface area (Å²) in [5, 5.41) is 4.46. The third-order valence-electron chi connectivity index (χ3n) is 10.0. The van der Waals surface area contributed by atoms with Gasteiger partial charge >= 0.3 is 13.2 Å². The zero-order chi connectivity index (χ0) is 29.9. The van der Waals surface area contributed by atoms with Gasteiger partial charge in [-0.1, -0.05) is 50.6 Å². The molecule has 1 saturated heterocycles. The summed E-state index contributed by atoms with van der Waals surface area (Å²) in [5.74, 6) is 0.794. The number of hydrogen-bond acceptors (Lipinski definition) is 7. The van der Waals surface area contributed by atoms with Crippen molar-refractivity contribution in [3.05, 3.63) is 64.9 Å². The number of carbonyl (C=O) groups excluding carboxylic acids is 1. The minimum absolute atomic E-state index is 0.0327. The number of ether oxygens (including phenoxy) is 1. The van der Waals surface area contributed by atoms with E-state index in [1.54, 1.807) is 24.5 Å². The van der Waals surface area contributed by atoms with E-state index >= 15 is 0 Å². The lowest BCUT2D eigenvalue weighted by Gasteiger charge is -2.64. The van der Waals surface area contributed by atoms with Crippen LogP contribution in [0.15, 0.2) is 62.4 Å². The normalized spacial score (nSPS) is 28.0. The van der Waals surface area contributed by atoms with Crippen LogP contribution in [0.5, 0.6) is 0 Å². The van der Waals surface area contributed by atoms with E-state index in [4.69, 9.17) is 30.1 Å². The molecule has 8 nitrogen and oxygen atoms in total. The molecule has 4 aliphatic rings. The van der Waals surface area contributed by atoms with Crippen molar-refractivity contribution in [1.29, 1.82) is 0 Å². The Hall–Kier alpha value is -2.53. The second-order valence-electron chi connectivity index (χ2n) is 12.5. The van der Waals surface area contributed by atoms with Crippen molar-refractivity contribution in [3.63, 3.8) is 0 Å². The second kappa shape index (κ2) is 10.9. The summed E-state index contributed by atoms with van der Waals surface area (Å²) in [6.07, 6.45) is 3.57. The van der Waals surface area contributed by atoms with E-state index in [-0.39, 0.29) is 18.1 Å². The van der Waals surface area contributed by atoms with Crippen molar-refractivity contribution in [1.82, 2.24) is 5.32 Å². The van der Waals surface area contributed by atoms with Gasteiger partial charge in [0.1, 0.15) is 12.2 Å². The molecule has 3 aromatic rings. The van der Waals surface area contributed by atoms with Gasteiger partial charge in [-0.05, 0) is 73.3 Å². The van der Waals surface area contributed by atoms with Gasteiger partial charge in [-0.15, -0.1) is 0 Å². The molecular formula is C31H38BClN2O6S. The molecule has 0 radical (unpaired) electrons. The lowest BCUT2D eigenvalue weighted by Crippen LogP contribution is -2.65. The average Bonchev–Trinajstić information content (AvgIpc) is 3.55. The zero-order valence-electron chi connectivity index (χ0n) is 24.7. The Morgan fingerprint density at radius 1 is 1.21 bits per heavy atom. The van der Waals surface area contributed by atoms with Crippen LogP contribution in [0.25, 0.3) is 11.0 Å². The molecular weight excluding hydrogens is 575 g/mol. The van der Waals surface area contributed by atoms with Crippen molar-refractivity contribution >= 4 is 45.5 Å². The first-order valence-electron chi connectivity index (χ1n) is 14.6. The van der Waals surface area contributed by atoms with E-state index in [1.165, 1.54) is 7.05 Å². The van der Waals surface area contributed by atoms with E-state index in [9.17, 15) is 9.00 Å².